The van der Waals surface area contributed by atoms with E-state index >= 15 is 0 Å². The van der Waals surface area contributed by atoms with Crippen molar-refractivity contribution in [2.45, 2.75) is 0 Å². The molecule has 0 aliphatic carbocycles. The van der Waals surface area contributed by atoms with Gasteiger partial charge >= 0.3 is 23.1 Å². The van der Waals surface area contributed by atoms with E-state index < -0.39 is 0 Å². The standard InChI is InChI=1S/C6H5F.2BrH.Mg/c7-6-4-2-1-3-5-6;;;/h1-5H;2*1H;/q;;;+2/p-2. The molecular formula is C6H5Br2FMg. The Morgan fingerprint density at radius 3 is 1.50 bits per heavy atom. The third-order valence-corrected chi connectivity index (χ3v) is 0.733. The maximum atomic E-state index is 11.9. The molecule has 0 saturated heterocycles. The molecule has 52 valence electrons. The monoisotopic (exact) mass is 278 g/mol. The van der Waals surface area contributed by atoms with Crippen molar-refractivity contribution in [1.29, 1.82) is 0 Å². The number of hydrogen-bond acceptors (Lipinski definition) is 0. The number of benzene rings is 1. The van der Waals surface area contributed by atoms with Gasteiger partial charge in [0.1, 0.15) is 5.82 Å². The second-order valence-corrected chi connectivity index (χ2v) is 1.30. The minimum Gasteiger partial charge on any atom is -1.00 e. The molecule has 1 aromatic rings. The summed E-state index contributed by atoms with van der Waals surface area (Å²) in [6, 6.07) is 7.94. The first kappa shape index (κ1) is 17.1. The fraction of sp³-hybridized carbons (Fsp3) is 0. The first-order valence-corrected chi connectivity index (χ1v) is 2.10. The van der Waals surface area contributed by atoms with Crippen LogP contribution in [-0.4, -0.2) is 23.1 Å². The molecule has 0 aliphatic heterocycles. The Bertz CT molecular complexity index is 146. The molecule has 0 aliphatic rings. The summed E-state index contributed by atoms with van der Waals surface area (Å²) in [5.74, 6) is -0.178. The average Bonchev–Trinajstić information content (AvgIpc) is 1.69. The van der Waals surface area contributed by atoms with Crippen molar-refractivity contribution in [2.75, 3.05) is 0 Å². The van der Waals surface area contributed by atoms with Crippen LogP contribution in [0.3, 0.4) is 0 Å². The summed E-state index contributed by atoms with van der Waals surface area (Å²) < 4.78 is 11.9. The average molecular weight is 280 g/mol. The van der Waals surface area contributed by atoms with Gasteiger partial charge in [0.25, 0.3) is 0 Å². The van der Waals surface area contributed by atoms with Crippen LogP contribution in [0.15, 0.2) is 30.3 Å². The molecule has 0 aromatic heterocycles. The van der Waals surface area contributed by atoms with Crippen molar-refractivity contribution in [2.24, 2.45) is 0 Å². The smallest absolute Gasteiger partial charge is 1.00 e. The molecule has 10 heavy (non-hydrogen) atoms. The minimum absolute atomic E-state index is 0. The van der Waals surface area contributed by atoms with E-state index in [0.29, 0.717) is 0 Å². The van der Waals surface area contributed by atoms with Gasteiger partial charge in [0.15, 0.2) is 0 Å². The van der Waals surface area contributed by atoms with Gasteiger partial charge in [-0.1, -0.05) is 18.2 Å². The van der Waals surface area contributed by atoms with E-state index in [1.807, 2.05) is 0 Å². The largest absolute Gasteiger partial charge is 2.00 e. The van der Waals surface area contributed by atoms with Crippen molar-refractivity contribution < 1.29 is 38.4 Å². The molecule has 0 bridgehead atoms. The van der Waals surface area contributed by atoms with Crippen molar-refractivity contribution in [1.82, 2.24) is 0 Å². The maximum Gasteiger partial charge on any atom is 2.00 e. The van der Waals surface area contributed by atoms with Crippen LogP contribution in [0.25, 0.3) is 0 Å². The van der Waals surface area contributed by atoms with Gasteiger partial charge in [-0.3, -0.25) is 0 Å². The summed E-state index contributed by atoms with van der Waals surface area (Å²) in [6.45, 7) is 0. The van der Waals surface area contributed by atoms with Crippen LogP contribution in [0.2, 0.25) is 0 Å². The first-order chi connectivity index (χ1) is 3.39. The third kappa shape index (κ3) is 6.99. The van der Waals surface area contributed by atoms with Crippen LogP contribution in [0.4, 0.5) is 4.39 Å². The van der Waals surface area contributed by atoms with Crippen molar-refractivity contribution in [3.63, 3.8) is 0 Å². The number of halogens is 3. The van der Waals surface area contributed by atoms with Gasteiger partial charge in [-0.15, -0.1) is 0 Å². The first-order valence-electron chi connectivity index (χ1n) is 2.10. The van der Waals surface area contributed by atoms with Gasteiger partial charge in [-0.05, 0) is 12.1 Å². The van der Waals surface area contributed by atoms with Crippen LogP contribution in [0.1, 0.15) is 0 Å². The Hall–Kier alpha value is 0.876. The van der Waals surface area contributed by atoms with E-state index in [-0.39, 0.29) is 62.8 Å². The predicted molar refractivity (Wildman–Crippen MR) is 32.2 cm³/mol. The molecule has 0 N–H and O–H groups in total. The Balaban J connectivity index is -0.000000163. The molecular weight excluding hydrogens is 275 g/mol. The summed E-state index contributed by atoms with van der Waals surface area (Å²) in [5, 5.41) is 0. The molecule has 0 saturated carbocycles. The number of hydrogen-bond donors (Lipinski definition) is 0. The van der Waals surface area contributed by atoms with Gasteiger partial charge in [-0.2, -0.15) is 0 Å². The Labute approximate surface area is 96.9 Å². The topological polar surface area (TPSA) is 0 Å². The molecule has 0 radical (unpaired) electrons. The zero-order valence-corrected chi connectivity index (χ0v) is 9.81. The van der Waals surface area contributed by atoms with Crippen molar-refractivity contribution in [3.8, 4) is 0 Å². The molecule has 0 fully saturated rings. The van der Waals surface area contributed by atoms with Gasteiger partial charge in [0.05, 0.1) is 0 Å². The predicted octanol–water partition coefficient (Wildman–Crippen LogP) is -4.55. The summed E-state index contributed by atoms with van der Waals surface area (Å²) in [7, 11) is 0. The fourth-order valence-electron chi connectivity index (χ4n) is 0.415. The molecule has 0 atom stereocenters. The molecule has 0 spiro atoms. The van der Waals surface area contributed by atoms with Crippen LogP contribution in [-0.2, 0) is 0 Å². The SMILES string of the molecule is Fc1ccccc1.[Br-].[Br-].[Mg+2]. The second kappa shape index (κ2) is 9.88. The Morgan fingerprint density at radius 1 is 0.900 bits per heavy atom. The molecule has 0 heterocycles. The van der Waals surface area contributed by atoms with E-state index in [1.54, 1.807) is 18.2 Å². The van der Waals surface area contributed by atoms with Gasteiger partial charge in [0.2, 0.25) is 0 Å². The molecule has 4 heteroatoms. The van der Waals surface area contributed by atoms with Crippen molar-refractivity contribution in [3.05, 3.63) is 36.1 Å². The normalized spacial score (nSPS) is 6.10. The van der Waals surface area contributed by atoms with E-state index in [0.717, 1.165) is 0 Å². The minimum atomic E-state index is -0.178. The second-order valence-electron chi connectivity index (χ2n) is 1.30. The Morgan fingerprint density at radius 2 is 1.30 bits per heavy atom. The van der Waals surface area contributed by atoms with Gasteiger partial charge in [-0.25, -0.2) is 4.39 Å². The van der Waals surface area contributed by atoms with Gasteiger partial charge < -0.3 is 34.0 Å². The van der Waals surface area contributed by atoms with Crippen molar-refractivity contribution >= 4 is 23.1 Å². The van der Waals surface area contributed by atoms with E-state index in [4.69, 9.17) is 0 Å². The van der Waals surface area contributed by atoms with Crippen LogP contribution in [0, 0.1) is 5.82 Å². The van der Waals surface area contributed by atoms with Crippen LogP contribution >= 0.6 is 0 Å². The quantitative estimate of drug-likeness (QED) is 0.420. The molecule has 1 rings (SSSR count). The summed E-state index contributed by atoms with van der Waals surface area (Å²) in [4.78, 5) is 0. The maximum absolute atomic E-state index is 11.9. The summed E-state index contributed by atoms with van der Waals surface area (Å²) in [5.41, 5.74) is 0. The summed E-state index contributed by atoms with van der Waals surface area (Å²) >= 11 is 0. The molecule has 1 aromatic carbocycles. The van der Waals surface area contributed by atoms with E-state index in [1.165, 1.54) is 12.1 Å². The van der Waals surface area contributed by atoms with E-state index in [9.17, 15) is 4.39 Å². The van der Waals surface area contributed by atoms with Gasteiger partial charge in [0, 0.05) is 0 Å². The van der Waals surface area contributed by atoms with E-state index in [2.05, 4.69) is 0 Å². The zero-order valence-electron chi connectivity index (χ0n) is 5.23. The third-order valence-electron chi connectivity index (χ3n) is 0.733. The summed E-state index contributed by atoms with van der Waals surface area (Å²) in [6.07, 6.45) is 0. The number of rotatable bonds is 0. The molecule has 0 nitrogen and oxygen atoms in total. The zero-order chi connectivity index (χ0) is 5.11. The van der Waals surface area contributed by atoms with Crippen LogP contribution < -0.4 is 34.0 Å². The molecule has 0 amide bonds. The Kier molecular flexibility index (Phi) is 16.9. The molecule has 0 unspecified atom stereocenters. The fourth-order valence-corrected chi connectivity index (χ4v) is 0.415. The van der Waals surface area contributed by atoms with Crippen LogP contribution in [0.5, 0.6) is 0 Å².